The van der Waals surface area contributed by atoms with Crippen molar-refractivity contribution in [3.8, 4) is 0 Å². The molecule has 0 bridgehead atoms. The number of likely N-dealkylation sites (tertiary alicyclic amines) is 1. The number of nitrogens with one attached hydrogen (secondary N) is 2. The number of aromatic nitrogens is 2. The molecule has 0 aliphatic carbocycles. The number of alkyl halides is 3. The molecule has 1 atom stereocenters. The van der Waals surface area contributed by atoms with Gasteiger partial charge < -0.3 is 15.3 Å². The van der Waals surface area contributed by atoms with Crippen LogP contribution in [0.2, 0.25) is 0 Å². The van der Waals surface area contributed by atoms with Crippen LogP contribution in [0.25, 0.3) is 0 Å². The van der Waals surface area contributed by atoms with Crippen LogP contribution < -0.4 is 5.32 Å². The average molecular weight is 437 g/mol. The van der Waals surface area contributed by atoms with Gasteiger partial charge in [-0.1, -0.05) is 18.2 Å². The number of nitrogens with zero attached hydrogens (tertiary/aromatic N) is 3. The Balaban J connectivity index is 1.45. The molecule has 1 saturated heterocycles. The highest BCUT2D eigenvalue weighted by Crippen LogP contribution is 2.39. The number of aromatic amines is 1. The largest absolute Gasteiger partial charge is 0.416 e. The summed E-state index contributed by atoms with van der Waals surface area (Å²) in [5, 5.41) is 20.8. The molecule has 2 aliphatic rings. The second-order valence-electron chi connectivity index (χ2n) is 8.06. The molecule has 3 heterocycles. The molecule has 1 aromatic carbocycles. The molecule has 4 rings (SSSR count). The summed E-state index contributed by atoms with van der Waals surface area (Å²) in [4.78, 5) is 15.5. The number of carbonyl (C=O) groups is 1. The van der Waals surface area contributed by atoms with Gasteiger partial charge in [-0.3, -0.25) is 10.00 Å². The number of benzene rings is 1. The predicted octanol–water partition coefficient (Wildman–Crippen LogP) is 3.00. The molecule has 2 amide bonds. The van der Waals surface area contributed by atoms with Crippen LogP contribution in [0.5, 0.6) is 0 Å². The van der Waals surface area contributed by atoms with E-state index in [0.29, 0.717) is 56.7 Å². The summed E-state index contributed by atoms with van der Waals surface area (Å²) in [6.45, 7) is 1.83. The molecule has 1 fully saturated rings. The van der Waals surface area contributed by atoms with Crippen LogP contribution in [0.15, 0.2) is 24.3 Å². The summed E-state index contributed by atoms with van der Waals surface area (Å²) < 4.78 is 40.1. The van der Waals surface area contributed by atoms with Crippen molar-refractivity contribution in [1.82, 2.24) is 25.3 Å². The molecule has 10 heteroatoms. The van der Waals surface area contributed by atoms with E-state index in [4.69, 9.17) is 0 Å². The molecule has 0 radical (unpaired) electrons. The van der Waals surface area contributed by atoms with Gasteiger partial charge in [-0.15, -0.1) is 0 Å². The number of H-pyrrole nitrogens is 1. The number of hydrogen-bond acceptors (Lipinski definition) is 4. The summed E-state index contributed by atoms with van der Waals surface area (Å²) in [5.74, 6) is -0.210. The fraction of sp³-hybridized carbons (Fsp3) is 0.524. The van der Waals surface area contributed by atoms with Gasteiger partial charge in [-0.2, -0.15) is 18.3 Å². The minimum absolute atomic E-state index is 0.184. The third kappa shape index (κ3) is 4.27. The number of aliphatic hydroxyl groups is 1. The number of hydrogen-bond donors (Lipinski definition) is 3. The summed E-state index contributed by atoms with van der Waals surface area (Å²) >= 11 is 0. The van der Waals surface area contributed by atoms with Gasteiger partial charge in [-0.05, 0) is 30.4 Å². The Hall–Kier alpha value is -2.59. The summed E-state index contributed by atoms with van der Waals surface area (Å²) in [5.41, 5.74) is 1.94. The lowest BCUT2D eigenvalue weighted by atomic mass is 9.86. The molecule has 3 N–H and O–H groups in total. The van der Waals surface area contributed by atoms with Crippen LogP contribution in [-0.2, 0) is 19.1 Å². The highest BCUT2D eigenvalue weighted by molar-refractivity contribution is 5.74. The SMILES string of the molecule is CNC(=O)N1CCc2[nH]nc(C(O)N3CCC(c4ccccc4C(F)(F)F)CC3)c2C1. The Kier molecular flexibility index (Phi) is 5.94. The normalized spacial score (nSPS) is 19.2. The zero-order valence-corrected chi connectivity index (χ0v) is 17.2. The number of amides is 2. The van der Waals surface area contributed by atoms with E-state index in [1.165, 1.54) is 6.07 Å². The third-order valence-corrected chi connectivity index (χ3v) is 6.29. The van der Waals surface area contributed by atoms with Gasteiger partial charge >= 0.3 is 12.2 Å². The lowest BCUT2D eigenvalue weighted by Crippen LogP contribution is -2.42. The first kappa shape index (κ1) is 21.6. The maximum atomic E-state index is 13.4. The van der Waals surface area contributed by atoms with Gasteiger partial charge in [0.15, 0.2) is 6.23 Å². The van der Waals surface area contributed by atoms with Crippen LogP contribution in [0.3, 0.4) is 0 Å². The zero-order chi connectivity index (χ0) is 22.2. The van der Waals surface area contributed by atoms with Crippen molar-refractivity contribution in [2.45, 2.75) is 44.1 Å². The molecule has 2 aliphatic heterocycles. The molecule has 1 aromatic heterocycles. The molecule has 0 saturated carbocycles. The van der Waals surface area contributed by atoms with Crippen LogP contribution in [0, 0.1) is 0 Å². The lowest BCUT2D eigenvalue weighted by Gasteiger charge is -2.36. The van der Waals surface area contributed by atoms with E-state index in [2.05, 4.69) is 15.5 Å². The molecule has 1 unspecified atom stereocenters. The topological polar surface area (TPSA) is 84.5 Å². The number of piperidine rings is 1. The minimum Gasteiger partial charge on any atom is -0.372 e. The predicted molar refractivity (Wildman–Crippen MR) is 107 cm³/mol. The van der Waals surface area contributed by atoms with Crippen molar-refractivity contribution in [3.05, 3.63) is 52.3 Å². The fourth-order valence-corrected chi connectivity index (χ4v) is 4.60. The maximum absolute atomic E-state index is 13.4. The summed E-state index contributed by atoms with van der Waals surface area (Å²) in [6, 6.07) is 5.55. The van der Waals surface area contributed by atoms with E-state index in [9.17, 15) is 23.1 Å². The Morgan fingerprint density at radius 3 is 2.65 bits per heavy atom. The summed E-state index contributed by atoms with van der Waals surface area (Å²) in [7, 11) is 1.57. The number of rotatable bonds is 3. The van der Waals surface area contributed by atoms with E-state index in [1.807, 2.05) is 4.90 Å². The number of urea groups is 1. The van der Waals surface area contributed by atoms with Gasteiger partial charge in [0.2, 0.25) is 0 Å². The van der Waals surface area contributed by atoms with E-state index in [1.54, 1.807) is 24.1 Å². The number of aliphatic hydroxyl groups excluding tert-OH is 1. The highest BCUT2D eigenvalue weighted by Gasteiger charge is 2.37. The van der Waals surface area contributed by atoms with Crippen LogP contribution in [0.4, 0.5) is 18.0 Å². The molecular weight excluding hydrogens is 411 g/mol. The second kappa shape index (κ2) is 8.51. The third-order valence-electron chi connectivity index (χ3n) is 6.29. The van der Waals surface area contributed by atoms with E-state index in [0.717, 1.165) is 17.3 Å². The monoisotopic (exact) mass is 437 g/mol. The Labute approximate surface area is 178 Å². The molecule has 7 nitrogen and oxygen atoms in total. The molecular formula is C21H26F3N5O2. The van der Waals surface area contributed by atoms with Crippen molar-refractivity contribution in [3.63, 3.8) is 0 Å². The molecule has 168 valence electrons. The smallest absolute Gasteiger partial charge is 0.372 e. The van der Waals surface area contributed by atoms with Gasteiger partial charge in [0, 0.05) is 44.4 Å². The zero-order valence-electron chi connectivity index (χ0n) is 17.2. The first-order valence-corrected chi connectivity index (χ1v) is 10.4. The Bertz CT molecular complexity index is 937. The Morgan fingerprint density at radius 2 is 1.97 bits per heavy atom. The quantitative estimate of drug-likeness (QED) is 0.689. The van der Waals surface area contributed by atoms with Crippen molar-refractivity contribution in [2.24, 2.45) is 0 Å². The second-order valence-corrected chi connectivity index (χ2v) is 8.06. The minimum atomic E-state index is -4.38. The van der Waals surface area contributed by atoms with Crippen LogP contribution in [-0.4, -0.2) is 57.8 Å². The maximum Gasteiger partial charge on any atom is 0.416 e. The van der Waals surface area contributed by atoms with Crippen molar-refractivity contribution in [2.75, 3.05) is 26.7 Å². The number of fused-ring (bicyclic) bond motifs is 1. The summed E-state index contributed by atoms with van der Waals surface area (Å²) in [6.07, 6.45) is -3.69. The van der Waals surface area contributed by atoms with Gasteiger partial charge in [0.05, 0.1) is 12.1 Å². The van der Waals surface area contributed by atoms with E-state index >= 15 is 0 Å². The van der Waals surface area contributed by atoms with E-state index in [-0.39, 0.29) is 11.9 Å². The van der Waals surface area contributed by atoms with Crippen LogP contribution >= 0.6 is 0 Å². The first-order chi connectivity index (χ1) is 14.8. The van der Waals surface area contributed by atoms with Crippen molar-refractivity contribution >= 4 is 6.03 Å². The van der Waals surface area contributed by atoms with Gasteiger partial charge in [-0.25, -0.2) is 4.79 Å². The number of carbonyl (C=O) groups excluding carboxylic acids is 1. The van der Waals surface area contributed by atoms with Crippen molar-refractivity contribution in [1.29, 1.82) is 0 Å². The van der Waals surface area contributed by atoms with E-state index < -0.39 is 18.0 Å². The molecule has 0 spiro atoms. The molecule has 2 aromatic rings. The lowest BCUT2D eigenvalue weighted by molar-refractivity contribution is -0.138. The van der Waals surface area contributed by atoms with Gasteiger partial charge in [0.1, 0.15) is 5.69 Å². The Morgan fingerprint density at radius 1 is 1.26 bits per heavy atom. The van der Waals surface area contributed by atoms with Crippen LogP contribution in [0.1, 0.15) is 53.1 Å². The number of halogens is 3. The fourth-order valence-electron chi connectivity index (χ4n) is 4.60. The van der Waals surface area contributed by atoms with Crippen molar-refractivity contribution < 1.29 is 23.1 Å². The average Bonchev–Trinajstić information content (AvgIpc) is 3.21. The van der Waals surface area contributed by atoms with Gasteiger partial charge in [0.25, 0.3) is 0 Å². The first-order valence-electron chi connectivity index (χ1n) is 10.4. The molecule has 31 heavy (non-hydrogen) atoms. The highest BCUT2D eigenvalue weighted by atomic mass is 19.4. The standard InChI is InChI=1S/C21H26F3N5O2/c1-25-20(31)29-11-8-17-15(12-29)18(27-26-17)19(30)28-9-6-13(7-10-28)14-4-2-3-5-16(14)21(22,23)24/h2-5,13,19,30H,6-12H2,1H3,(H,25,31)(H,26,27).